The summed E-state index contributed by atoms with van der Waals surface area (Å²) >= 11 is 11.3. The van der Waals surface area contributed by atoms with E-state index in [9.17, 15) is 18.5 Å². The van der Waals surface area contributed by atoms with Gasteiger partial charge >= 0.3 is 0 Å². The van der Waals surface area contributed by atoms with Crippen LogP contribution >= 0.6 is 23.2 Å². The van der Waals surface area contributed by atoms with Crippen LogP contribution in [0.2, 0.25) is 5.02 Å². The maximum absolute atomic E-state index is 12.0. The number of sulfonamides is 1. The van der Waals surface area contributed by atoms with E-state index in [1.807, 2.05) is 0 Å². The van der Waals surface area contributed by atoms with Crippen molar-refractivity contribution in [1.29, 1.82) is 0 Å². The monoisotopic (exact) mass is 326 g/mol. The van der Waals surface area contributed by atoms with Crippen LogP contribution in [-0.4, -0.2) is 25.3 Å². The quantitative estimate of drug-likeness (QED) is 0.511. The number of nitro groups is 1. The Morgan fingerprint density at radius 1 is 1.47 bits per heavy atom. The predicted molar refractivity (Wildman–Crippen MR) is 73.3 cm³/mol. The van der Waals surface area contributed by atoms with Crippen molar-refractivity contribution in [3.05, 3.63) is 32.8 Å². The lowest BCUT2D eigenvalue weighted by molar-refractivity contribution is -0.385. The minimum Gasteiger partial charge on any atom is -0.258 e. The highest BCUT2D eigenvalue weighted by Crippen LogP contribution is 2.29. The van der Waals surface area contributed by atoms with Crippen LogP contribution < -0.4 is 4.72 Å². The van der Waals surface area contributed by atoms with E-state index in [1.54, 1.807) is 6.92 Å². The molecule has 106 valence electrons. The Kier molecular flexibility index (Phi) is 5.14. The molecule has 0 bridgehead atoms. The summed E-state index contributed by atoms with van der Waals surface area (Å²) < 4.78 is 26.3. The van der Waals surface area contributed by atoms with Gasteiger partial charge in [-0.3, -0.25) is 10.1 Å². The van der Waals surface area contributed by atoms with Gasteiger partial charge in [0.15, 0.2) is 0 Å². The maximum Gasteiger partial charge on any atom is 0.275 e. The maximum atomic E-state index is 12.0. The number of nitrogens with zero attached hydrogens (tertiary/aromatic N) is 1. The molecule has 0 saturated carbocycles. The molecule has 0 radical (unpaired) electrons. The standard InChI is InChI=1S/C10H12Cl2N2O4S/c1-6(5-11)13-19(17,18)8-3-9(12)7(2)10(4-8)14(15)16/h3-4,6,13H,5H2,1-2H3. The largest absolute Gasteiger partial charge is 0.275 e. The minimum atomic E-state index is -3.89. The highest BCUT2D eigenvalue weighted by Gasteiger charge is 2.23. The SMILES string of the molecule is Cc1c(Cl)cc(S(=O)(=O)NC(C)CCl)cc1[N+](=O)[O-]. The number of nitrogens with one attached hydrogen (secondary N) is 1. The first-order valence-electron chi connectivity index (χ1n) is 5.22. The van der Waals surface area contributed by atoms with E-state index >= 15 is 0 Å². The van der Waals surface area contributed by atoms with Crippen molar-refractivity contribution in [2.24, 2.45) is 0 Å². The third-order valence-corrected chi connectivity index (χ3v) is 4.81. The topological polar surface area (TPSA) is 89.3 Å². The zero-order valence-electron chi connectivity index (χ0n) is 10.2. The summed E-state index contributed by atoms with van der Waals surface area (Å²) in [5.74, 6) is 0.0842. The van der Waals surface area contributed by atoms with Crippen molar-refractivity contribution < 1.29 is 13.3 Å². The first kappa shape index (κ1) is 16.2. The Labute approximate surface area is 120 Å². The van der Waals surface area contributed by atoms with Crippen LogP contribution in [0.15, 0.2) is 17.0 Å². The van der Waals surface area contributed by atoms with Crippen LogP contribution in [0.5, 0.6) is 0 Å². The molecule has 1 aromatic rings. The van der Waals surface area contributed by atoms with E-state index in [0.29, 0.717) is 0 Å². The number of halogens is 2. The van der Waals surface area contributed by atoms with Crippen molar-refractivity contribution in [2.45, 2.75) is 24.8 Å². The van der Waals surface area contributed by atoms with Gasteiger partial charge in [0.1, 0.15) is 0 Å². The van der Waals surface area contributed by atoms with Crippen molar-refractivity contribution in [2.75, 3.05) is 5.88 Å². The van der Waals surface area contributed by atoms with E-state index in [1.165, 1.54) is 13.0 Å². The summed E-state index contributed by atoms with van der Waals surface area (Å²) in [5.41, 5.74) is -0.123. The molecule has 1 N–H and O–H groups in total. The van der Waals surface area contributed by atoms with E-state index < -0.39 is 21.0 Å². The molecule has 0 aliphatic heterocycles. The molecule has 0 saturated heterocycles. The molecule has 0 spiro atoms. The number of hydrogen-bond acceptors (Lipinski definition) is 4. The van der Waals surface area contributed by atoms with Gasteiger partial charge in [0.2, 0.25) is 10.0 Å². The third-order valence-electron chi connectivity index (χ3n) is 2.39. The highest BCUT2D eigenvalue weighted by molar-refractivity contribution is 7.89. The lowest BCUT2D eigenvalue weighted by Gasteiger charge is -2.12. The summed E-state index contributed by atoms with van der Waals surface area (Å²) in [6.07, 6.45) is 0. The molecular formula is C10H12Cl2N2O4S. The first-order valence-corrected chi connectivity index (χ1v) is 7.61. The lowest BCUT2D eigenvalue weighted by Crippen LogP contribution is -2.33. The van der Waals surface area contributed by atoms with Crippen molar-refractivity contribution in [1.82, 2.24) is 4.72 Å². The normalized spacial score (nSPS) is 13.3. The molecule has 0 heterocycles. The molecule has 0 aliphatic carbocycles. The van der Waals surface area contributed by atoms with Crippen molar-refractivity contribution in [3.63, 3.8) is 0 Å². The zero-order chi connectivity index (χ0) is 14.8. The van der Waals surface area contributed by atoms with Crippen molar-refractivity contribution in [3.8, 4) is 0 Å². The number of alkyl halides is 1. The van der Waals surface area contributed by atoms with Gasteiger partial charge < -0.3 is 0 Å². The molecule has 0 amide bonds. The fourth-order valence-electron chi connectivity index (χ4n) is 1.35. The molecule has 0 fully saturated rings. The molecule has 9 heteroatoms. The average molecular weight is 327 g/mol. The summed E-state index contributed by atoms with van der Waals surface area (Å²) in [6.45, 7) is 3.03. The smallest absolute Gasteiger partial charge is 0.258 e. The molecule has 1 aromatic carbocycles. The van der Waals surface area contributed by atoms with Crippen molar-refractivity contribution >= 4 is 38.9 Å². The third kappa shape index (κ3) is 3.79. The van der Waals surface area contributed by atoms with E-state index in [2.05, 4.69) is 4.72 Å². The lowest BCUT2D eigenvalue weighted by atomic mass is 10.2. The minimum absolute atomic E-state index is 0.0214. The fourth-order valence-corrected chi connectivity index (χ4v) is 3.09. The number of benzene rings is 1. The molecular weight excluding hydrogens is 315 g/mol. The summed E-state index contributed by atoms with van der Waals surface area (Å²) in [4.78, 5) is 9.91. The second-order valence-corrected chi connectivity index (χ2v) is 6.41. The van der Waals surface area contributed by atoms with Gasteiger partial charge in [-0.25, -0.2) is 13.1 Å². The summed E-state index contributed by atoms with van der Waals surface area (Å²) in [6, 6.07) is 1.66. The van der Waals surface area contributed by atoms with Gasteiger partial charge in [-0.05, 0) is 19.9 Å². The van der Waals surface area contributed by atoms with Gasteiger partial charge in [0, 0.05) is 23.6 Å². The first-order chi connectivity index (χ1) is 8.69. The van der Waals surface area contributed by atoms with E-state index in [4.69, 9.17) is 23.2 Å². The molecule has 6 nitrogen and oxygen atoms in total. The Morgan fingerprint density at radius 2 is 2.05 bits per heavy atom. The van der Waals surface area contributed by atoms with Gasteiger partial charge in [-0.2, -0.15) is 0 Å². The van der Waals surface area contributed by atoms with Crippen LogP contribution in [0.4, 0.5) is 5.69 Å². The van der Waals surface area contributed by atoms with Crippen LogP contribution in [0.1, 0.15) is 12.5 Å². The van der Waals surface area contributed by atoms with Gasteiger partial charge in [0.05, 0.1) is 14.8 Å². The van der Waals surface area contributed by atoms with Crippen LogP contribution in [0, 0.1) is 17.0 Å². The predicted octanol–water partition coefficient (Wildman–Crippen LogP) is 2.46. The zero-order valence-corrected chi connectivity index (χ0v) is 12.5. The van der Waals surface area contributed by atoms with Crippen LogP contribution in [-0.2, 0) is 10.0 Å². The molecule has 19 heavy (non-hydrogen) atoms. The van der Waals surface area contributed by atoms with Gasteiger partial charge in [-0.15, -0.1) is 11.6 Å². The van der Waals surface area contributed by atoms with E-state index in [0.717, 1.165) is 6.07 Å². The Morgan fingerprint density at radius 3 is 2.53 bits per heavy atom. The molecule has 1 rings (SSSR count). The second-order valence-electron chi connectivity index (χ2n) is 3.98. The highest BCUT2D eigenvalue weighted by atomic mass is 35.5. The number of rotatable bonds is 5. The summed E-state index contributed by atoms with van der Waals surface area (Å²) in [7, 11) is -3.89. The van der Waals surface area contributed by atoms with Crippen LogP contribution in [0.3, 0.4) is 0 Å². The Hall–Kier alpha value is -0.890. The molecule has 1 atom stereocenters. The molecule has 1 unspecified atom stereocenters. The number of nitro benzene ring substituents is 1. The second kappa shape index (κ2) is 6.04. The number of hydrogen-bond donors (Lipinski definition) is 1. The summed E-state index contributed by atoms with van der Waals surface area (Å²) in [5, 5.41) is 10.9. The fraction of sp³-hybridized carbons (Fsp3) is 0.400. The molecule has 0 aliphatic rings. The Balaban J connectivity index is 3.32. The van der Waals surface area contributed by atoms with Crippen LogP contribution in [0.25, 0.3) is 0 Å². The molecule has 0 aromatic heterocycles. The average Bonchev–Trinajstić information content (AvgIpc) is 2.31. The van der Waals surface area contributed by atoms with Gasteiger partial charge in [0.25, 0.3) is 5.69 Å². The van der Waals surface area contributed by atoms with E-state index in [-0.39, 0.29) is 27.0 Å². The Bertz CT molecular complexity index is 604. The van der Waals surface area contributed by atoms with Gasteiger partial charge in [-0.1, -0.05) is 11.6 Å².